The molecule has 0 rings (SSSR count). The fourth-order valence-corrected chi connectivity index (χ4v) is 0. The molecule has 0 saturated heterocycles. The van der Waals surface area contributed by atoms with Crippen LogP contribution >= 0.6 is 0 Å². The van der Waals surface area contributed by atoms with Crippen molar-refractivity contribution >= 4 is 0 Å². The Morgan fingerprint density at radius 1 is 0.750 bits per heavy atom. The average Bonchev–Trinajstić information content (AvgIpc) is 1.72. The van der Waals surface area contributed by atoms with Gasteiger partial charge in [-0.3, -0.25) is 0 Å². The highest BCUT2D eigenvalue weighted by molar-refractivity contribution is 5.02. The summed E-state index contributed by atoms with van der Waals surface area (Å²) in [6, 6.07) is 0. The van der Waals surface area contributed by atoms with Gasteiger partial charge in [-0.2, -0.15) is 0 Å². The number of allylic oxidation sites excluding steroid dienone is 2. The maximum atomic E-state index is 3.00. The van der Waals surface area contributed by atoms with E-state index in [4.69, 9.17) is 0 Å². The van der Waals surface area contributed by atoms with Crippen LogP contribution in [0.4, 0.5) is 0 Å². The second kappa shape index (κ2) is 6.48. The van der Waals surface area contributed by atoms with Gasteiger partial charge in [0, 0.05) is 0 Å². The van der Waals surface area contributed by atoms with Crippen LogP contribution in [-0.2, 0) is 0 Å². The van der Waals surface area contributed by atoms with Crippen molar-refractivity contribution in [3.63, 3.8) is 0 Å². The molecule has 0 amide bonds. The summed E-state index contributed by atoms with van der Waals surface area (Å²) in [5.74, 6) is 0. The molecule has 0 aliphatic carbocycles. The molecule has 48 valence electrons. The summed E-state index contributed by atoms with van der Waals surface area (Å²) in [7, 11) is 0. The molecule has 0 aliphatic heterocycles. The second-order valence-corrected chi connectivity index (χ2v) is 2.00. The van der Waals surface area contributed by atoms with Crippen LogP contribution in [0.15, 0.2) is 24.3 Å². The Kier molecular flexibility index (Phi) is 8.47. The van der Waals surface area contributed by atoms with Gasteiger partial charge in [0.15, 0.2) is 0 Å². The normalized spacial score (nSPS) is 6.50. The third kappa shape index (κ3) is 9.08. The Morgan fingerprint density at radius 3 is 0.875 bits per heavy atom. The van der Waals surface area contributed by atoms with Crippen LogP contribution in [0.3, 0.4) is 0 Å². The summed E-state index contributed by atoms with van der Waals surface area (Å²) in [5, 5.41) is 0. The molecule has 0 aromatic rings. The van der Waals surface area contributed by atoms with Gasteiger partial charge in [-0.1, -0.05) is 11.1 Å². The van der Waals surface area contributed by atoms with Crippen molar-refractivity contribution in [2.24, 2.45) is 0 Å². The third-order valence-corrected chi connectivity index (χ3v) is 1.00. The first-order chi connectivity index (χ1) is 3.64. The topological polar surface area (TPSA) is 0 Å². The van der Waals surface area contributed by atoms with E-state index in [1.807, 2.05) is 0 Å². The molecule has 0 saturated carbocycles. The highest BCUT2D eigenvalue weighted by Gasteiger charge is 1.75. The molecule has 0 atom stereocenters. The van der Waals surface area contributed by atoms with Gasteiger partial charge in [0.1, 0.15) is 0 Å². The number of hydrogen-bond donors (Lipinski definition) is 0. The van der Waals surface area contributed by atoms with Crippen LogP contribution in [0.5, 0.6) is 0 Å². The van der Waals surface area contributed by atoms with E-state index in [-0.39, 0.29) is 0 Å². The van der Waals surface area contributed by atoms with Gasteiger partial charge in [0.05, 0.1) is 0 Å². The van der Waals surface area contributed by atoms with E-state index in [2.05, 4.69) is 40.9 Å². The molecular formula is C8H16. The molecule has 8 heavy (non-hydrogen) atoms. The minimum Gasteiger partial charge on any atom is -0.106 e. The lowest BCUT2D eigenvalue weighted by molar-refractivity contribution is 1.23. The molecule has 0 heteroatoms. The SMILES string of the molecule is C=C.CC(C)=C(C)C. The zero-order valence-electron chi connectivity index (χ0n) is 6.41. The lowest BCUT2D eigenvalue weighted by Crippen LogP contribution is -1.66. The number of rotatable bonds is 0. The first-order valence-electron chi connectivity index (χ1n) is 2.75. The first kappa shape index (κ1) is 10.5. The van der Waals surface area contributed by atoms with Gasteiger partial charge in [-0.05, 0) is 27.7 Å². The Balaban J connectivity index is 0. The van der Waals surface area contributed by atoms with Crippen LogP contribution in [0.2, 0.25) is 0 Å². The fourth-order valence-electron chi connectivity index (χ4n) is 0. The fraction of sp³-hybridized carbons (Fsp3) is 0.500. The van der Waals surface area contributed by atoms with Gasteiger partial charge >= 0.3 is 0 Å². The second-order valence-electron chi connectivity index (χ2n) is 2.00. The summed E-state index contributed by atoms with van der Waals surface area (Å²) in [5.41, 5.74) is 2.85. The van der Waals surface area contributed by atoms with E-state index in [0.29, 0.717) is 0 Å². The van der Waals surface area contributed by atoms with Gasteiger partial charge in [-0.15, -0.1) is 13.2 Å². The molecule has 0 nitrogen and oxygen atoms in total. The molecule has 0 spiro atoms. The largest absolute Gasteiger partial charge is 0.106 e. The van der Waals surface area contributed by atoms with E-state index in [0.717, 1.165) is 0 Å². The summed E-state index contributed by atoms with van der Waals surface area (Å²) in [4.78, 5) is 0. The van der Waals surface area contributed by atoms with Crippen molar-refractivity contribution in [1.82, 2.24) is 0 Å². The lowest BCUT2D eigenvalue weighted by Gasteiger charge is -1.88. The average molecular weight is 112 g/mol. The molecule has 0 N–H and O–H groups in total. The van der Waals surface area contributed by atoms with Crippen LogP contribution < -0.4 is 0 Å². The van der Waals surface area contributed by atoms with E-state index >= 15 is 0 Å². The van der Waals surface area contributed by atoms with Gasteiger partial charge in [0.25, 0.3) is 0 Å². The standard InChI is InChI=1S/C6H12.C2H4/c1-5(2)6(3)4;1-2/h1-4H3;1-2H2. The van der Waals surface area contributed by atoms with E-state index < -0.39 is 0 Å². The molecule has 0 aromatic carbocycles. The third-order valence-electron chi connectivity index (χ3n) is 1.00. The highest BCUT2D eigenvalue weighted by Crippen LogP contribution is 1.96. The molecule has 0 radical (unpaired) electrons. The maximum Gasteiger partial charge on any atom is -0.0440 e. The zero-order valence-corrected chi connectivity index (χ0v) is 6.41. The molecule has 0 bridgehead atoms. The van der Waals surface area contributed by atoms with Gasteiger partial charge < -0.3 is 0 Å². The van der Waals surface area contributed by atoms with Crippen molar-refractivity contribution in [3.05, 3.63) is 24.3 Å². The van der Waals surface area contributed by atoms with E-state index in [9.17, 15) is 0 Å². The predicted molar refractivity (Wildman–Crippen MR) is 41.0 cm³/mol. The van der Waals surface area contributed by atoms with Crippen LogP contribution in [-0.4, -0.2) is 0 Å². The molecule has 0 fully saturated rings. The first-order valence-corrected chi connectivity index (χ1v) is 2.75. The van der Waals surface area contributed by atoms with Crippen molar-refractivity contribution in [2.75, 3.05) is 0 Å². The summed E-state index contributed by atoms with van der Waals surface area (Å²) < 4.78 is 0. The summed E-state index contributed by atoms with van der Waals surface area (Å²) in [6.45, 7) is 14.5. The molecule has 0 heterocycles. The Labute approximate surface area is 52.9 Å². The molecule has 0 aromatic heterocycles. The van der Waals surface area contributed by atoms with E-state index in [1.54, 1.807) is 0 Å². The lowest BCUT2D eigenvalue weighted by atomic mass is 10.2. The van der Waals surface area contributed by atoms with Crippen molar-refractivity contribution < 1.29 is 0 Å². The van der Waals surface area contributed by atoms with Crippen molar-refractivity contribution in [2.45, 2.75) is 27.7 Å². The monoisotopic (exact) mass is 112 g/mol. The van der Waals surface area contributed by atoms with Crippen LogP contribution in [0.1, 0.15) is 27.7 Å². The molecule has 0 aliphatic rings. The minimum atomic E-state index is 1.43. The highest BCUT2D eigenvalue weighted by atomic mass is 13.8. The Morgan fingerprint density at radius 2 is 0.875 bits per heavy atom. The van der Waals surface area contributed by atoms with Crippen LogP contribution in [0.25, 0.3) is 0 Å². The van der Waals surface area contributed by atoms with Crippen LogP contribution in [0, 0.1) is 0 Å². The van der Waals surface area contributed by atoms with Gasteiger partial charge in [0.2, 0.25) is 0 Å². The van der Waals surface area contributed by atoms with Gasteiger partial charge in [-0.25, -0.2) is 0 Å². The predicted octanol–water partition coefficient (Wildman–Crippen LogP) is 3.16. The summed E-state index contributed by atoms with van der Waals surface area (Å²) in [6.07, 6.45) is 0. The smallest absolute Gasteiger partial charge is 0.0440 e. The van der Waals surface area contributed by atoms with Crippen molar-refractivity contribution in [1.29, 1.82) is 0 Å². The quantitative estimate of drug-likeness (QED) is 0.422. The molecule has 0 unspecified atom stereocenters. The Bertz CT molecular complexity index is 60.0. The Hall–Kier alpha value is -0.520. The van der Waals surface area contributed by atoms with Crippen molar-refractivity contribution in [3.8, 4) is 0 Å². The maximum absolute atomic E-state index is 3.00. The molecular weight excluding hydrogens is 96.1 g/mol. The number of hydrogen-bond acceptors (Lipinski definition) is 0. The zero-order chi connectivity index (χ0) is 7.15. The van der Waals surface area contributed by atoms with E-state index in [1.165, 1.54) is 11.1 Å². The summed E-state index contributed by atoms with van der Waals surface area (Å²) >= 11 is 0. The minimum absolute atomic E-state index is 1.43.